The Morgan fingerprint density at radius 3 is 2.59 bits per heavy atom. The molecule has 4 rings (SSSR count). The van der Waals surface area contributed by atoms with Gasteiger partial charge in [-0.25, -0.2) is 14.8 Å². The summed E-state index contributed by atoms with van der Waals surface area (Å²) < 4.78 is 2.05. The largest absolute Gasteiger partial charge is 0.264 e. The van der Waals surface area contributed by atoms with E-state index in [9.17, 15) is 0 Å². The molecule has 29 heavy (non-hydrogen) atoms. The van der Waals surface area contributed by atoms with Crippen LogP contribution in [0.1, 0.15) is 43.9 Å². The molecule has 1 N–H and O–H groups in total. The van der Waals surface area contributed by atoms with Crippen molar-refractivity contribution in [2.24, 2.45) is 0 Å². The molecule has 0 atom stereocenters. The van der Waals surface area contributed by atoms with Crippen LogP contribution >= 0.6 is 0 Å². The highest BCUT2D eigenvalue weighted by Crippen LogP contribution is 2.29. The SMILES string of the molecule is CCCc1nc(Cc2ccc(-c3ccncc3-c3nnn[nH]3)cc2)n(CCC)n1. The quantitative estimate of drug-likeness (QED) is 0.496. The van der Waals surface area contributed by atoms with Gasteiger partial charge in [-0.15, -0.1) is 5.10 Å². The van der Waals surface area contributed by atoms with Gasteiger partial charge in [-0.05, 0) is 46.0 Å². The van der Waals surface area contributed by atoms with Gasteiger partial charge in [0.15, 0.2) is 11.6 Å². The van der Waals surface area contributed by atoms with Crippen LogP contribution < -0.4 is 0 Å². The zero-order valence-corrected chi connectivity index (χ0v) is 16.7. The maximum absolute atomic E-state index is 4.76. The van der Waals surface area contributed by atoms with Gasteiger partial charge in [0.25, 0.3) is 0 Å². The number of H-pyrrole nitrogens is 1. The summed E-state index contributed by atoms with van der Waals surface area (Å²) in [5.41, 5.74) is 4.20. The van der Waals surface area contributed by atoms with E-state index in [1.807, 2.05) is 6.07 Å². The molecular formula is C21H24N8. The first-order chi connectivity index (χ1) is 14.3. The second-order valence-electron chi connectivity index (χ2n) is 6.96. The lowest BCUT2D eigenvalue weighted by Crippen LogP contribution is -2.06. The molecule has 4 aromatic rings. The lowest BCUT2D eigenvalue weighted by Gasteiger charge is -2.08. The monoisotopic (exact) mass is 388 g/mol. The van der Waals surface area contributed by atoms with E-state index in [1.165, 1.54) is 5.56 Å². The summed E-state index contributed by atoms with van der Waals surface area (Å²) in [6.45, 7) is 5.22. The molecule has 0 amide bonds. The topological polar surface area (TPSA) is 98.1 Å². The number of nitrogens with one attached hydrogen (secondary N) is 1. The minimum Gasteiger partial charge on any atom is -0.264 e. The zero-order chi connectivity index (χ0) is 20.1. The van der Waals surface area contributed by atoms with Gasteiger partial charge in [-0.3, -0.25) is 4.98 Å². The van der Waals surface area contributed by atoms with Crippen molar-refractivity contribution in [3.05, 3.63) is 59.9 Å². The third-order valence-corrected chi connectivity index (χ3v) is 4.75. The minimum atomic E-state index is 0.605. The normalized spacial score (nSPS) is 11.1. The minimum absolute atomic E-state index is 0.605. The number of aromatic nitrogens is 8. The Morgan fingerprint density at radius 2 is 1.86 bits per heavy atom. The molecule has 0 aliphatic rings. The van der Waals surface area contributed by atoms with E-state index in [0.29, 0.717) is 5.82 Å². The van der Waals surface area contributed by atoms with Gasteiger partial charge in [0.1, 0.15) is 5.82 Å². The Bertz CT molecular complexity index is 1050. The van der Waals surface area contributed by atoms with Gasteiger partial charge in [-0.1, -0.05) is 38.1 Å². The highest BCUT2D eigenvalue weighted by molar-refractivity contribution is 5.79. The smallest absolute Gasteiger partial charge is 0.181 e. The highest BCUT2D eigenvalue weighted by Gasteiger charge is 2.12. The van der Waals surface area contributed by atoms with Gasteiger partial charge in [-0.2, -0.15) is 5.10 Å². The molecule has 0 radical (unpaired) electrons. The first-order valence-corrected chi connectivity index (χ1v) is 9.98. The highest BCUT2D eigenvalue weighted by atomic mass is 15.5. The molecule has 8 nitrogen and oxygen atoms in total. The summed E-state index contributed by atoms with van der Waals surface area (Å²) in [7, 11) is 0. The average Bonchev–Trinajstić information content (AvgIpc) is 3.40. The van der Waals surface area contributed by atoms with Crippen LogP contribution in [0.25, 0.3) is 22.5 Å². The van der Waals surface area contributed by atoms with Gasteiger partial charge >= 0.3 is 0 Å². The van der Waals surface area contributed by atoms with E-state index in [2.05, 4.69) is 73.5 Å². The number of aryl methyl sites for hydroxylation is 2. The third kappa shape index (κ3) is 4.21. The molecule has 8 heteroatoms. The molecule has 0 fully saturated rings. The van der Waals surface area contributed by atoms with Crippen LogP contribution in [0, 0.1) is 0 Å². The van der Waals surface area contributed by atoms with Crippen LogP contribution in [0.4, 0.5) is 0 Å². The van der Waals surface area contributed by atoms with E-state index < -0.39 is 0 Å². The number of hydrogen-bond donors (Lipinski definition) is 1. The molecule has 148 valence electrons. The van der Waals surface area contributed by atoms with Crippen molar-refractivity contribution in [1.82, 2.24) is 40.4 Å². The van der Waals surface area contributed by atoms with Crippen molar-refractivity contribution in [3.8, 4) is 22.5 Å². The molecule has 0 bridgehead atoms. The maximum atomic E-state index is 4.76. The second-order valence-corrected chi connectivity index (χ2v) is 6.96. The van der Waals surface area contributed by atoms with Crippen LogP contribution in [0.15, 0.2) is 42.7 Å². The zero-order valence-electron chi connectivity index (χ0n) is 16.7. The van der Waals surface area contributed by atoms with E-state index in [-0.39, 0.29) is 0 Å². The maximum Gasteiger partial charge on any atom is 0.181 e. The number of pyridine rings is 1. The fourth-order valence-corrected chi connectivity index (χ4v) is 3.37. The summed E-state index contributed by atoms with van der Waals surface area (Å²) >= 11 is 0. The van der Waals surface area contributed by atoms with Gasteiger partial charge in [0.05, 0.1) is 0 Å². The summed E-state index contributed by atoms with van der Waals surface area (Å²) in [6.07, 6.45) is 7.34. The van der Waals surface area contributed by atoms with Crippen LogP contribution in [-0.2, 0) is 19.4 Å². The fourth-order valence-electron chi connectivity index (χ4n) is 3.37. The molecule has 0 saturated heterocycles. The average molecular weight is 388 g/mol. The van der Waals surface area contributed by atoms with E-state index in [1.54, 1.807) is 12.4 Å². The van der Waals surface area contributed by atoms with Gasteiger partial charge in [0, 0.05) is 37.3 Å². The Hall–Kier alpha value is -3.42. The molecule has 0 spiro atoms. The summed E-state index contributed by atoms with van der Waals surface area (Å²) in [6, 6.07) is 10.5. The van der Waals surface area contributed by atoms with Crippen molar-refractivity contribution in [3.63, 3.8) is 0 Å². The number of aromatic amines is 1. The third-order valence-electron chi connectivity index (χ3n) is 4.75. The van der Waals surface area contributed by atoms with Crippen molar-refractivity contribution in [1.29, 1.82) is 0 Å². The van der Waals surface area contributed by atoms with Crippen LogP contribution in [0.5, 0.6) is 0 Å². The summed E-state index contributed by atoms with van der Waals surface area (Å²) in [5, 5.41) is 18.8. The van der Waals surface area contributed by atoms with Gasteiger partial charge < -0.3 is 0 Å². The molecule has 3 heterocycles. The second kappa shape index (κ2) is 8.72. The molecule has 0 aliphatic heterocycles. The molecular weight excluding hydrogens is 364 g/mol. The number of benzene rings is 1. The van der Waals surface area contributed by atoms with Crippen molar-refractivity contribution < 1.29 is 0 Å². The molecule has 0 aliphatic carbocycles. The Labute approximate surface area is 169 Å². The van der Waals surface area contributed by atoms with Crippen LogP contribution in [-0.4, -0.2) is 40.4 Å². The van der Waals surface area contributed by atoms with Crippen LogP contribution in [0.2, 0.25) is 0 Å². The first kappa shape index (κ1) is 18.9. The standard InChI is InChI=1S/C21H24N8/c1-3-5-19-23-20(29(26-19)12-4-2)13-15-6-8-16(9-7-15)17-10-11-22-14-18(17)21-24-27-28-25-21/h6-11,14H,3-5,12-13H2,1-2H3,(H,24,25,27,28). The van der Waals surface area contributed by atoms with Crippen molar-refractivity contribution in [2.45, 2.75) is 46.1 Å². The fraction of sp³-hybridized carbons (Fsp3) is 0.333. The number of rotatable bonds is 8. The predicted molar refractivity (Wildman–Crippen MR) is 110 cm³/mol. The summed E-state index contributed by atoms with van der Waals surface area (Å²) in [5.74, 6) is 2.57. The van der Waals surface area contributed by atoms with E-state index in [4.69, 9.17) is 4.98 Å². The predicted octanol–water partition coefficient (Wildman–Crippen LogP) is 3.47. The van der Waals surface area contributed by atoms with Gasteiger partial charge in [0.2, 0.25) is 0 Å². The Morgan fingerprint density at radius 1 is 1.00 bits per heavy atom. The lowest BCUT2D eigenvalue weighted by molar-refractivity contribution is 0.570. The number of nitrogens with zero attached hydrogens (tertiary/aromatic N) is 7. The van der Waals surface area contributed by atoms with Crippen molar-refractivity contribution in [2.75, 3.05) is 0 Å². The van der Waals surface area contributed by atoms with E-state index in [0.717, 1.165) is 60.6 Å². The van der Waals surface area contributed by atoms with Crippen LogP contribution in [0.3, 0.4) is 0 Å². The number of tetrazole rings is 1. The van der Waals surface area contributed by atoms with E-state index >= 15 is 0 Å². The van der Waals surface area contributed by atoms with Crippen molar-refractivity contribution >= 4 is 0 Å². The molecule has 0 unspecified atom stereocenters. The summed E-state index contributed by atoms with van der Waals surface area (Å²) in [4.78, 5) is 8.97. The molecule has 1 aromatic carbocycles. The molecule has 3 aromatic heterocycles. The first-order valence-electron chi connectivity index (χ1n) is 9.98. The Kier molecular flexibility index (Phi) is 5.69. The Balaban J connectivity index is 1.59. The molecule has 0 saturated carbocycles. The lowest BCUT2D eigenvalue weighted by atomic mass is 9.99. The number of hydrogen-bond acceptors (Lipinski definition) is 6.